The van der Waals surface area contributed by atoms with Crippen LogP contribution in [0.5, 0.6) is 0 Å². The summed E-state index contributed by atoms with van der Waals surface area (Å²) >= 11 is 0. The third-order valence-electron chi connectivity index (χ3n) is 7.02. The van der Waals surface area contributed by atoms with Crippen LogP contribution in [-0.4, -0.2) is 11.5 Å². The van der Waals surface area contributed by atoms with E-state index in [9.17, 15) is 4.39 Å². The van der Waals surface area contributed by atoms with Crippen molar-refractivity contribution in [1.29, 1.82) is 0 Å². The van der Waals surface area contributed by atoms with E-state index in [1.54, 1.807) is 44.3 Å². The van der Waals surface area contributed by atoms with Crippen molar-refractivity contribution in [3.05, 3.63) is 82.3 Å². The van der Waals surface area contributed by atoms with Crippen LogP contribution in [0.4, 0.5) is 19.0 Å². The summed E-state index contributed by atoms with van der Waals surface area (Å²) in [5.74, 6) is -0.230. The number of pyridine rings is 1. The number of rotatable bonds is 7. The Labute approximate surface area is 206 Å². The lowest BCUT2D eigenvalue weighted by Gasteiger charge is -2.18. The minimum Gasteiger partial charge on any atom is -0.367 e. The summed E-state index contributed by atoms with van der Waals surface area (Å²) in [6, 6.07) is 8.29. The van der Waals surface area contributed by atoms with Crippen molar-refractivity contribution in [2.45, 2.75) is 59.8 Å². The number of hydrogen-bond donors (Lipinski definition) is 1. The lowest BCUT2D eigenvalue weighted by molar-refractivity contribution is 0.521. The number of allylic oxidation sites excluding steroid dienone is 1. The first-order valence-electron chi connectivity index (χ1n) is 12.4. The van der Waals surface area contributed by atoms with Gasteiger partial charge < -0.3 is 5.32 Å². The summed E-state index contributed by atoms with van der Waals surface area (Å²) in [5, 5.41) is 3.18. The van der Waals surface area contributed by atoms with Crippen LogP contribution in [0.25, 0.3) is 22.3 Å². The minimum atomic E-state index is -0.535. The molecule has 0 saturated heterocycles. The molecule has 184 valence electrons. The molecule has 35 heavy (non-hydrogen) atoms. The Kier molecular flexibility index (Phi) is 7.63. The van der Waals surface area contributed by atoms with Crippen LogP contribution in [0.2, 0.25) is 0 Å². The van der Waals surface area contributed by atoms with E-state index in [2.05, 4.69) is 10.3 Å². The first kappa shape index (κ1) is 25.0. The van der Waals surface area contributed by atoms with Crippen molar-refractivity contribution < 1.29 is 13.2 Å². The van der Waals surface area contributed by atoms with Crippen molar-refractivity contribution in [3.63, 3.8) is 0 Å². The van der Waals surface area contributed by atoms with Gasteiger partial charge in [0.2, 0.25) is 0 Å². The Bertz CT molecular complexity index is 1210. The van der Waals surface area contributed by atoms with Gasteiger partial charge in [0.15, 0.2) is 0 Å². The molecule has 5 heteroatoms. The summed E-state index contributed by atoms with van der Waals surface area (Å²) in [7, 11) is 0. The number of nitrogens with zero attached hydrogens (tertiary/aromatic N) is 1. The first-order valence-corrected chi connectivity index (χ1v) is 12.4. The molecule has 0 radical (unpaired) electrons. The molecule has 2 aromatic carbocycles. The number of aromatic nitrogens is 1. The van der Waals surface area contributed by atoms with E-state index in [0.717, 1.165) is 12.8 Å². The monoisotopic (exact) mass is 478 g/mol. The van der Waals surface area contributed by atoms with Gasteiger partial charge in [0.05, 0.1) is 0 Å². The second kappa shape index (κ2) is 10.7. The molecule has 2 nitrogen and oxygen atoms in total. The van der Waals surface area contributed by atoms with Crippen LogP contribution < -0.4 is 5.32 Å². The highest BCUT2D eigenvalue weighted by atomic mass is 19.1. The standard InChI is InChI=1S/C30H33F3N2/c1-18(2)13-14-34-26-12-11-24(17-35-26)28-20(4)29(32)27(19(3)30(28)33)23-10-9-22(25(31)16-23)15-21-7-5-6-8-21/h9-13,16-17,21H,5-8,14-15H2,1-4H3,(H,34,35). The summed E-state index contributed by atoms with van der Waals surface area (Å²) < 4.78 is 46.2. The fraction of sp³-hybridized carbons (Fsp3) is 0.367. The van der Waals surface area contributed by atoms with Crippen molar-refractivity contribution in [2.75, 3.05) is 11.9 Å². The van der Waals surface area contributed by atoms with Crippen molar-refractivity contribution in [2.24, 2.45) is 5.92 Å². The van der Waals surface area contributed by atoms with E-state index < -0.39 is 11.6 Å². The van der Waals surface area contributed by atoms with E-state index in [0.29, 0.717) is 41.4 Å². The maximum atomic E-state index is 15.6. The SMILES string of the molecule is CC(C)=CCNc1ccc(-c2c(C)c(F)c(-c3ccc(CC4CCCC4)c(F)c3)c(C)c2F)cn1. The van der Waals surface area contributed by atoms with Gasteiger partial charge in [-0.05, 0) is 80.5 Å². The Morgan fingerprint density at radius 3 is 2.14 bits per heavy atom. The lowest BCUT2D eigenvalue weighted by Crippen LogP contribution is -2.04. The second-order valence-electron chi connectivity index (χ2n) is 9.88. The van der Waals surface area contributed by atoms with E-state index in [1.807, 2.05) is 19.9 Å². The summed E-state index contributed by atoms with van der Waals surface area (Å²) in [6.07, 6.45) is 8.94. The van der Waals surface area contributed by atoms with Crippen molar-refractivity contribution in [3.8, 4) is 22.3 Å². The van der Waals surface area contributed by atoms with Gasteiger partial charge in [-0.2, -0.15) is 0 Å². The third-order valence-corrected chi connectivity index (χ3v) is 7.02. The second-order valence-corrected chi connectivity index (χ2v) is 9.88. The molecule has 1 N–H and O–H groups in total. The van der Waals surface area contributed by atoms with Gasteiger partial charge >= 0.3 is 0 Å². The molecule has 0 amide bonds. The molecular formula is C30H33F3N2. The number of nitrogens with one attached hydrogen (secondary N) is 1. The van der Waals surface area contributed by atoms with E-state index in [1.165, 1.54) is 24.5 Å². The van der Waals surface area contributed by atoms with Crippen LogP contribution in [-0.2, 0) is 6.42 Å². The highest BCUT2D eigenvalue weighted by Gasteiger charge is 2.23. The number of benzene rings is 2. The van der Waals surface area contributed by atoms with E-state index in [-0.39, 0.29) is 28.1 Å². The zero-order chi connectivity index (χ0) is 25.1. The van der Waals surface area contributed by atoms with Crippen molar-refractivity contribution >= 4 is 5.82 Å². The zero-order valence-electron chi connectivity index (χ0n) is 20.9. The number of hydrogen-bond acceptors (Lipinski definition) is 2. The highest BCUT2D eigenvalue weighted by molar-refractivity contribution is 5.78. The van der Waals surface area contributed by atoms with Crippen LogP contribution in [0.3, 0.4) is 0 Å². The predicted octanol–water partition coefficient (Wildman–Crippen LogP) is 8.56. The van der Waals surface area contributed by atoms with Crippen molar-refractivity contribution in [1.82, 2.24) is 4.98 Å². The predicted molar refractivity (Wildman–Crippen MR) is 138 cm³/mol. The summed E-state index contributed by atoms with van der Waals surface area (Å²) in [6.45, 7) is 7.78. The summed E-state index contributed by atoms with van der Waals surface area (Å²) in [5.41, 5.74) is 3.35. The fourth-order valence-electron chi connectivity index (χ4n) is 5.01. The van der Waals surface area contributed by atoms with Gasteiger partial charge in [-0.15, -0.1) is 0 Å². The molecular weight excluding hydrogens is 445 g/mol. The minimum absolute atomic E-state index is 0.114. The molecule has 0 atom stereocenters. The summed E-state index contributed by atoms with van der Waals surface area (Å²) in [4.78, 5) is 4.36. The molecule has 4 rings (SSSR count). The molecule has 0 unspecified atom stereocenters. The largest absolute Gasteiger partial charge is 0.367 e. The van der Waals surface area contributed by atoms with Crippen LogP contribution >= 0.6 is 0 Å². The van der Waals surface area contributed by atoms with Gasteiger partial charge in [-0.1, -0.05) is 49.5 Å². The van der Waals surface area contributed by atoms with Gasteiger partial charge in [0.1, 0.15) is 23.3 Å². The molecule has 1 heterocycles. The Hall–Kier alpha value is -3.08. The molecule has 0 bridgehead atoms. The van der Waals surface area contributed by atoms with Crippen LogP contribution in [0, 0.1) is 37.2 Å². The quantitative estimate of drug-likeness (QED) is 0.344. The Morgan fingerprint density at radius 1 is 0.943 bits per heavy atom. The fourth-order valence-corrected chi connectivity index (χ4v) is 5.01. The topological polar surface area (TPSA) is 24.9 Å². The normalized spacial score (nSPS) is 13.8. The maximum absolute atomic E-state index is 15.6. The first-order chi connectivity index (χ1) is 16.8. The molecule has 1 aromatic heterocycles. The van der Waals surface area contributed by atoms with Gasteiger partial charge in [0, 0.05) is 29.4 Å². The smallest absolute Gasteiger partial charge is 0.135 e. The Morgan fingerprint density at radius 2 is 1.57 bits per heavy atom. The molecule has 1 aliphatic carbocycles. The average Bonchev–Trinajstić information content (AvgIpc) is 3.34. The number of halogens is 3. The molecule has 1 saturated carbocycles. The molecule has 0 aliphatic heterocycles. The lowest BCUT2D eigenvalue weighted by atomic mass is 9.89. The van der Waals surface area contributed by atoms with Gasteiger partial charge in [-0.3, -0.25) is 0 Å². The molecule has 1 fully saturated rings. The Balaban J connectivity index is 1.64. The zero-order valence-corrected chi connectivity index (χ0v) is 20.9. The van der Waals surface area contributed by atoms with Crippen LogP contribution in [0.15, 0.2) is 48.2 Å². The molecule has 3 aromatic rings. The molecule has 0 spiro atoms. The van der Waals surface area contributed by atoms with Gasteiger partial charge in [-0.25, -0.2) is 18.2 Å². The van der Waals surface area contributed by atoms with Gasteiger partial charge in [0.25, 0.3) is 0 Å². The average molecular weight is 479 g/mol. The van der Waals surface area contributed by atoms with Crippen LogP contribution in [0.1, 0.15) is 56.2 Å². The molecule has 1 aliphatic rings. The van der Waals surface area contributed by atoms with E-state index in [4.69, 9.17) is 0 Å². The third kappa shape index (κ3) is 5.44. The van der Waals surface area contributed by atoms with E-state index >= 15 is 8.78 Å². The maximum Gasteiger partial charge on any atom is 0.135 e. The highest BCUT2D eigenvalue weighted by Crippen LogP contribution is 2.38. The number of anilines is 1.